The fourth-order valence-corrected chi connectivity index (χ4v) is 2.20. The molecule has 0 spiro atoms. The Labute approximate surface area is 135 Å². The summed E-state index contributed by atoms with van der Waals surface area (Å²) in [4.78, 5) is 22.1. The molecule has 22 heavy (non-hydrogen) atoms. The SMILES string of the molecule is CC(C)CCCCCCCCCC(=O)NCNC(C)C(=O)O. The average molecular weight is 314 g/mol. The Morgan fingerprint density at radius 2 is 1.45 bits per heavy atom. The summed E-state index contributed by atoms with van der Waals surface area (Å²) in [6.45, 7) is 6.30. The van der Waals surface area contributed by atoms with Gasteiger partial charge in [0.05, 0.1) is 6.67 Å². The Hall–Kier alpha value is -1.10. The Balaban J connectivity index is 3.30. The van der Waals surface area contributed by atoms with Gasteiger partial charge in [-0.2, -0.15) is 0 Å². The minimum Gasteiger partial charge on any atom is -0.480 e. The molecule has 0 aromatic rings. The van der Waals surface area contributed by atoms with Gasteiger partial charge in [-0.25, -0.2) is 0 Å². The topological polar surface area (TPSA) is 78.4 Å². The Kier molecular flexibility index (Phi) is 12.9. The summed E-state index contributed by atoms with van der Waals surface area (Å²) in [7, 11) is 0. The van der Waals surface area contributed by atoms with E-state index >= 15 is 0 Å². The zero-order chi connectivity index (χ0) is 16.8. The zero-order valence-corrected chi connectivity index (χ0v) is 14.5. The molecule has 0 rings (SSSR count). The molecule has 0 saturated heterocycles. The summed E-state index contributed by atoms with van der Waals surface area (Å²) in [6, 6.07) is -0.643. The van der Waals surface area contributed by atoms with Gasteiger partial charge in [-0.15, -0.1) is 0 Å². The zero-order valence-electron chi connectivity index (χ0n) is 14.5. The molecule has 0 aliphatic carbocycles. The number of aliphatic carboxylic acids is 1. The number of rotatable bonds is 14. The van der Waals surface area contributed by atoms with Crippen LogP contribution in [-0.2, 0) is 9.59 Å². The van der Waals surface area contributed by atoms with Crippen LogP contribution in [0.15, 0.2) is 0 Å². The Morgan fingerprint density at radius 1 is 0.909 bits per heavy atom. The molecule has 3 N–H and O–H groups in total. The lowest BCUT2D eigenvalue weighted by Crippen LogP contribution is -2.41. The number of hydrogen-bond donors (Lipinski definition) is 3. The largest absolute Gasteiger partial charge is 0.480 e. The van der Waals surface area contributed by atoms with Crippen molar-refractivity contribution in [2.24, 2.45) is 5.92 Å². The Morgan fingerprint density at radius 3 is 2.00 bits per heavy atom. The quantitative estimate of drug-likeness (QED) is 0.339. The van der Waals surface area contributed by atoms with Gasteiger partial charge in [0.2, 0.25) is 5.91 Å². The van der Waals surface area contributed by atoms with Crippen molar-refractivity contribution >= 4 is 11.9 Å². The highest BCUT2D eigenvalue weighted by Crippen LogP contribution is 2.12. The number of unbranched alkanes of at least 4 members (excludes halogenated alkanes) is 6. The van der Waals surface area contributed by atoms with Gasteiger partial charge < -0.3 is 10.4 Å². The van der Waals surface area contributed by atoms with E-state index in [-0.39, 0.29) is 12.6 Å². The van der Waals surface area contributed by atoms with Crippen molar-refractivity contribution in [1.29, 1.82) is 0 Å². The van der Waals surface area contributed by atoms with Gasteiger partial charge >= 0.3 is 5.97 Å². The predicted molar refractivity (Wildman–Crippen MR) is 89.6 cm³/mol. The summed E-state index contributed by atoms with van der Waals surface area (Å²) < 4.78 is 0. The average Bonchev–Trinajstić information content (AvgIpc) is 2.44. The van der Waals surface area contributed by atoms with Crippen LogP contribution in [0.4, 0.5) is 0 Å². The molecular formula is C17H34N2O3. The van der Waals surface area contributed by atoms with E-state index in [0.717, 1.165) is 18.8 Å². The summed E-state index contributed by atoms with van der Waals surface area (Å²) in [5, 5.41) is 14.1. The lowest BCUT2D eigenvalue weighted by Gasteiger charge is -2.10. The van der Waals surface area contributed by atoms with Crippen molar-refractivity contribution in [2.75, 3.05) is 6.67 Å². The lowest BCUT2D eigenvalue weighted by atomic mass is 10.0. The van der Waals surface area contributed by atoms with E-state index in [1.165, 1.54) is 38.5 Å². The Bertz CT molecular complexity index is 306. The van der Waals surface area contributed by atoms with Crippen LogP contribution in [-0.4, -0.2) is 29.7 Å². The number of carboxylic acid groups (broad SMARTS) is 1. The van der Waals surface area contributed by atoms with Gasteiger partial charge in [0, 0.05) is 6.42 Å². The lowest BCUT2D eigenvalue weighted by molar-refractivity contribution is -0.139. The summed E-state index contributed by atoms with van der Waals surface area (Å²) in [5.74, 6) is -0.115. The maximum absolute atomic E-state index is 11.5. The van der Waals surface area contributed by atoms with Crippen LogP contribution in [0.3, 0.4) is 0 Å². The molecule has 0 aliphatic heterocycles. The first-order chi connectivity index (χ1) is 10.4. The van der Waals surface area contributed by atoms with Crippen molar-refractivity contribution in [3.8, 4) is 0 Å². The van der Waals surface area contributed by atoms with Crippen LogP contribution >= 0.6 is 0 Å². The van der Waals surface area contributed by atoms with Crippen LogP contribution in [0.2, 0.25) is 0 Å². The number of carboxylic acids is 1. The third kappa shape index (κ3) is 13.9. The predicted octanol–water partition coefficient (Wildman–Crippen LogP) is 3.29. The molecule has 5 heteroatoms. The number of carbonyl (C=O) groups is 2. The fourth-order valence-electron chi connectivity index (χ4n) is 2.20. The molecule has 0 aromatic heterocycles. The summed E-state index contributed by atoms with van der Waals surface area (Å²) in [6.07, 6.45) is 10.3. The van der Waals surface area contributed by atoms with Crippen LogP contribution in [0.25, 0.3) is 0 Å². The van der Waals surface area contributed by atoms with E-state index in [1.807, 2.05) is 0 Å². The molecule has 1 atom stereocenters. The second-order valence-electron chi connectivity index (χ2n) is 6.45. The van der Waals surface area contributed by atoms with Crippen molar-refractivity contribution in [1.82, 2.24) is 10.6 Å². The van der Waals surface area contributed by atoms with Gasteiger partial charge in [-0.05, 0) is 19.3 Å². The van der Waals surface area contributed by atoms with Crippen LogP contribution in [0.5, 0.6) is 0 Å². The molecule has 130 valence electrons. The number of amides is 1. The van der Waals surface area contributed by atoms with E-state index in [4.69, 9.17) is 5.11 Å². The normalized spacial score (nSPS) is 12.4. The first-order valence-electron chi connectivity index (χ1n) is 8.66. The maximum Gasteiger partial charge on any atom is 0.320 e. The van der Waals surface area contributed by atoms with Gasteiger partial charge in [0.25, 0.3) is 0 Å². The number of hydrogen-bond acceptors (Lipinski definition) is 3. The van der Waals surface area contributed by atoms with E-state index in [2.05, 4.69) is 24.5 Å². The molecule has 1 unspecified atom stereocenters. The molecule has 0 saturated carbocycles. The highest BCUT2D eigenvalue weighted by Gasteiger charge is 2.09. The van der Waals surface area contributed by atoms with Crippen molar-refractivity contribution in [3.05, 3.63) is 0 Å². The van der Waals surface area contributed by atoms with Crippen LogP contribution in [0, 0.1) is 5.92 Å². The summed E-state index contributed by atoms with van der Waals surface area (Å²) in [5.41, 5.74) is 0. The monoisotopic (exact) mass is 314 g/mol. The molecule has 1 amide bonds. The smallest absolute Gasteiger partial charge is 0.320 e. The van der Waals surface area contributed by atoms with Crippen LogP contribution < -0.4 is 10.6 Å². The number of carbonyl (C=O) groups excluding carboxylic acids is 1. The van der Waals surface area contributed by atoms with Gasteiger partial charge in [-0.1, -0.05) is 58.8 Å². The first kappa shape index (κ1) is 20.9. The molecule has 0 aromatic carbocycles. The molecule has 0 radical (unpaired) electrons. The van der Waals surface area contributed by atoms with Crippen LogP contribution in [0.1, 0.15) is 78.6 Å². The third-order valence-electron chi connectivity index (χ3n) is 3.75. The molecule has 0 fully saturated rings. The van der Waals surface area contributed by atoms with Crippen molar-refractivity contribution in [3.63, 3.8) is 0 Å². The van der Waals surface area contributed by atoms with Gasteiger partial charge in [-0.3, -0.25) is 14.9 Å². The van der Waals surface area contributed by atoms with Crippen molar-refractivity contribution in [2.45, 2.75) is 84.6 Å². The maximum atomic E-state index is 11.5. The highest BCUT2D eigenvalue weighted by atomic mass is 16.4. The van der Waals surface area contributed by atoms with Gasteiger partial charge in [0.1, 0.15) is 6.04 Å². The molecule has 0 bridgehead atoms. The van der Waals surface area contributed by atoms with E-state index in [0.29, 0.717) is 6.42 Å². The summed E-state index contributed by atoms with van der Waals surface area (Å²) >= 11 is 0. The number of nitrogens with one attached hydrogen (secondary N) is 2. The molecular weight excluding hydrogens is 280 g/mol. The minimum atomic E-state index is -0.914. The molecule has 0 aliphatic rings. The molecule has 5 nitrogen and oxygen atoms in total. The minimum absolute atomic E-state index is 0.0120. The second-order valence-corrected chi connectivity index (χ2v) is 6.45. The van der Waals surface area contributed by atoms with E-state index < -0.39 is 12.0 Å². The third-order valence-corrected chi connectivity index (χ3v) is 3.75. The van der Waals surface area contributed by atoms with Gasteiger partial charge in [0.15, 0.2) is 0 Å². The highest BCUT2D eigenvalue weighted by molar-refractivity contribution is 5.76. The first-order valence-corrected chi connectivity index (χ1v) is 8.66. The second kappa shape index (κ2) is 13.6. The fraction of sp³-hybridized carbons (Fsp3) is 0.882. The van der Waals surface area contributed by atoms with Crippen molar-refractivity contribution < 1.29 is 14.7 Å². The molecule has 0 heterocycles. The van der Waals surface area contributed by atoms with E-state index in [1.54, 1.807) is 6.92 Å². The standard InChI is InChI=1S/C17H34N2O3/c1-14(2)11-9-7-5-4-6-8-10-12-16(20)19-13-18-15(3)17(21)22/h14-15,18H,4-13H2,1-3H3,(H,19,20)(H,21,22). The van der Waals surface area contributed by atoms with E-state index in [9.17, 15) is 9.59 Å².